The number of hydrogen-bond donors (Lipinski definition) is 3. The number of nitrogens with one attached hydrogen (secondary N) is 2. The third-order valence-electron chi connectivity index (χ3n) is 2.49. The Bertz CT molecular complexity index is 720. The minimum atomic E-state index is -4.20. The fourth-order valence-electron chi connectivity index (χ4n) is 1.52. The van der Waals surface area contributed by atoms with E-state index >= 15 is 0 Å². The maximum atomic E-state index is 13.4. The number of sulfonamides is 1. The van der Waals surface area contributed by atoms with E-state index in [1.54, 1.807) is 4.72 Å². The molecule has 0 amide bonds. The van der Waals surface area contributed by atoms with Gasteiger partial charge < -0.3 is 10.7 Å². The third-order valence-corrected chi connectivity index (χ3v) is 3.82. The molecule has 0 fully saturated rings. The van der Waals surface area contributed by atoms with Crippen molar-refractivity contribution in [3.05, 3.63) is 47.5 Å². The average molecular weight is 305 g/mol. The van der Waals surface area contributed by atoms with E-state index in [-0.39, 0.29) is 11.4 Å². The number of aromatic amines is 1. The number of aromatic nitrogens is 1. The van der Waals surface area contributed by atoms with Gasteiger partial charge in [-0.05, 0) is 6.07 Å². The van der Waals surface area contributed by atoms with Crippen LogP contribution in [0.4, 0.5) is 18.9 Å². The van der Waals surface area contributed by atoms with E-state index in [1.165, 1.54) is 6.07 Å². The fraction of sp³-hybridized carbons (Fsp3) is 0.0909. The molecule has 2 rings (SSSR count). The SMILES string of the molecule is NCc1cc(S(=O)(=O)Nc2c(F)cc(F)cc2F)c[nH]1. The van der Waals surface area contributed by atoms with Crippen LogP contribution in [-0.2, 0) is 16.6 Å². The number of hydrogen-bond acceptors (Lipinski definition) is 3. The van der Waals surface area contributed by atoms with Crippen molar-refractivity contribution in [3.8, 4) is 0 Å². The van der Waals surface area contributed by atoms with Gasteiger partial charge in [-0.2, -0.15) is 0 Å². The summed E-state index contributed by atoms with van der Waals surface area (Å²) in [7, 11) is -4.20. The van der Waals surface area contributed by atoms with Crippen molar-refractivity contribution >= 4 is 15.7 Å². The van der Waals surface area contributed by atoms with Crippen molar-refractivity contribution in [2.24, 2.45) is 5.73 Å². The minimum absolute atomic E-state index is 0.0782. The van der Waals surface area contributed by atoms with Gasteiger partial charge in [-0.25, -0.2) is 21.6 Å². The Balaban J connectivity index is 2.38. The van der Waals surface area contributed by atoms with Crippen LogP contribution in [0.25, 0.3) is 0 Å². The highest BCUT2D eigenvalue weighted by molar-refractivity contribution is 7.92. The van der Waals surface area contributed by atoms with Crippen molar-refractivity contribution in [1.29, 1.82) is 0 Å². The lowest BCUT2D eigenvalue weighted by molar-refractivity contribution is 0.547. The first kappa shape index (κ1) is 14.4. The van der Waals surface area contributed by atoms with Crippen LogP contribution < -0.4 is 10.5 Å². The van der Waals surface area contributed by atoms with Crippen molar-refractivity contribution in [2.45, 2.75) is 11.4 Å². The highest BCUT2D eigenvalue weighted by Gasteiger charge is 2.21. The van der Waals surface area contributed by atoms with Crippen LogP contribution in [0, 0.1) is 17.5 Å². The van der Waals surface area contributed by atoms with Crippen molar-refractivity contribution in [1.82, 2.24) is 4.98 Å². The number of rotatable bonds is 4. The van der Waals surface area contributed by atoms with Gasteiger partial charge >= 0.3 is 0 Å². The Morgan fingerprint density at radius 3 is 2.25 bits per heavy atom. The van der Waals surface area contributed by atoms with Crippen LogP contribution in [0.2, 0.25) is 0 Å². The molecule has 9 heteroatoms. The van der Waals surface area contributed by atoms with Gasteiger partial charge in [-0.3, -0.25) is 4.72 Å². The van der Waals surface area contributed by atoms with Gasteiger partial charge in [0, 0.05) is 30.6 Å². The molecule has 2 aromatic rings. The molecule has 0 saturated heterocycles. The Morgan fingerprint density at radius 2 is 1.75 bits per heavy atom. The number of anilines is 1. The normalized spacial score (nSPS) is 11.6. The molecule has 0 aliphatic heterocycles. The standard InChI is InChI=1S/C11H10F3N3O2S/c12-6-1-9(13)11(10(14)2-6)17-20(18,19)8-3-7(4-15)16-5-8/h1-3,5,16-17H,4,15H2. The summed E-state index contributed by atoms with van der Waals surface area (Å²) in [5.74, 6) is -3.84. The topological polar surface area (TPSA) is 88.0 Å². The molecule has 0 radical (unpaired) electrons. The van der Waals surface area contributed by atoms with Gasteiger partial charge in [0.25, 0.3) is 10.0 Å². The van der Waals surface area contributed by atoms with Gasteiger partial charge in [0.2, 0.25) is 0 Å². The second-order valence-electron chi connectivity index (χ2n) is 3.91. The molecule has 0 saturated carbocycles. The van der Waals surface area contributed by atoms with Crippen LogP contribution in [-0.4, -0.2) is 13.4 Å². The van der Waals surface area contributed by atoms with Crippen LogP contribution in [0.5, 0.6) is 0 Å². The van der Waals surface area contributed by atoms with E-state index in [9.17, 15) is 21.6 Å². The van der Waals surface area contributed by atoms with Crippen molar-refractivity contribution < 1.29 is 21.6 Å². The van der Waals surface area contributed by atoms with E-state index in [0.717, 1.165) is 6.20 Å². The summed E-state index contributed by atoms with van der Waals surface area (Å²) in [5.41, 5.74) is 4.81. The van der Waals surface area contributed by atoms with E-state index in [0.29, 0.717) is 17.8 Å². The Morgan fingerprint density at radius 1 is 1.15 bits per heavy atom. The quantitative estimate of drug-likeness (QED) is 0.803. The lowest BCUT2D eigenvalue weighted by Crippen LogP contribution is -2.15. The second-order valence-corrected chi connectivity index (χ2v) is 5.60. The van der Waals surface area contributed by atoms with Gasteiger partial charge in [-0.1, -0.05) is 0 Å². The summed E-state index contributed by atoms with van der Waals surface area (Å²) in [5, 5.41) is 0. The summed E-state index contributed by atoms with van der Waals surface area (Å²) in [6, 6.07) is 1.98. The van der Waals surface area contributed by atoms with Gasteiger partial charge in [0.05, 0.1) is 0 Å². The summed E-state index contributed by atoms with van der Waals surface area (Å²) in [4.78, 5) is 2.36. The zero-order chi connectivity index (χ0) is 14.9. The minimum Gasteiger partial charge on any atom is -0.363 e. The number of benzene rings is 1. The molecule has 1 heterocycles. The molecule has 0 spiro atoms. The predicted molar refractivity (Wildman–Crippen MR) is 65.8 cm³/mol. The maximum absolute atomic E-state index is 13.4. The lowest BCUT2D eigenvalue weighted by atomic mass is 10.3. The summed E-state index contributed by atoms with van der Waals surface area (Å²) in [6.45, 7) is 0.0782. The largest absolute Gasteiger partial charge is 0.363 e. The average Bonchev–Trinajstić information content (AvgIpc) is 2.83. The zero-order valence-electron chi connectivity index (χ0n) is 9.95. The smallest absolute Gasteiger partial charge is 0.263 e. The monoisotopic (exact) mass is 305 g/mol. The lowest BCUT2D eigenvalue weighted by Gasteiger charge is -2.08. The Hall–Kier alpha value is -2.00. The van der Waals surface area contributed by atoms with Crippen LogP contribution in [0.3, 0.4) is 0 Å². The molecule has 0 aliphatic carbocycles. The molecule has 0 atom stereocenters. The first-order valence-electron chi connectivity index (χ1n) is 5.38. The van der Waals surface area contributed by atoms with E-state index in [1.807, 2.05) is 0 Å². The van der Waals surface area contributed by atoms with Gasteiger partial charge in [-0.15, -0.1) is 0 Å². The maximum Gasteiger partial charge on any atom is 0.263 e. The van der Waals surface area contributed by atoms with Crippen molar-refractivity contribution in [3.63, 3.8) is 0 Å². The molecule has 1 aromatic carbocycles. The molecule has 1 aromatic heterocycles. The van der Waals surface area contributed by atoms with Gasteiger partial charge in [0.1, 0.15) is 16.4 Å². The first-order valence-corrected chi connectivity index (χ1v) is 6.86. The molecule has 0 unspecified atom stereocenters. The number of nitrogens with two attached hydrogens (primary N) is 1. The highest BCUT2D eigenvalue weighted by Crippen LogP contribution is 2.23. The summed E-state index contributed by atoms with van der Waals surface area (Å²) < 4.78 is 65.1. The van der Waals surface area contributed by atoms with Crippen LogP contribution in [0.1, 0.15) is 5.69 Å². The van der Waals surface area contributed by atoms with E-state index in [2.05, 4.69) is 4.98 Å². The van der Waals surface area contributed by atoms with Gasteiger partial charge in [0.15, 0.2) is 11.6 Å². The first-order chi connectivity index (χ1) is 9.33. The highest BCUT2D eigenvalue weighted by atomic mass is 32.2. The van der Waals surface area contributed by atoms with Crippen LogP contribution in [0.15, 0.2) is 29.3 Å². The summed E-state index contributed by atoms with van der Waals surface area (Å²) in [6.07, 6.45) is 1.13. The molecule has 0 aliphatic rings. The second kappa shape index (κ2) is 5.17. The molecule has 0 bridgehead atoms. The van der Waals surface area contributed by atoms with Crippen molar-refractivity contribution in [2.75, 3.05) is 4.72 Å². The zero-order valence-corrected chi connectivity index (χ0v) is 10.8. The Kier molecular flexibility index (Phi) is 3.73. The van der Waals surface area contributed by atoms with E-state index < -0.39 is 33.2 Å². The molecule has 20 heavy (non-hydrogen) atoms. The van der Waals surface area contributed by atoms with Crippen LogP contribution >= 0.6 is 0 Å². The Labute approximate surface area is 112 Å². The fourth-order valence-corrected chi connectivity index (χ4v) is 2.62. The molecule has 5 nitrogen and oxygen atoms in total. The molecule has 4 N–H and O–H groups in total. The number of halogens is 3. The molecular weight excluding hydrogens is 295 g/mol. The third kappa shape index (κ3) is 2.78. The molecular formula is C11H10F3N3O2S. The van der Waals surface area contributed by atoms with E-state index in [4.69, 9.17) is 5.73 Å². The predicted octanol–water partition coefficient (Wildman–Crippen LogP) is 1.69. The molecule has 108 valence electrons. The summed E-state index contributed by atoms with van der Waals surface area (Å²) >= 11 is 0. The number of H-pyrrole nitrogens is 1.